The molecule has 1 aromatic carbocycles. The molecule has 1 aromatic heterocycles. The Balaban J connectivity index is 1.87. The van der Waals surface area contributed by atoms with Gasteiger partial charge in [-0.2, -0.15) is 13.2 Å². The highest BCUT2D eigenvalue weighted by Crippen LogP contribution is 2.36. The second kappa shape index (κ2) is 7.17. The third-order valence-corrected chi connectivity index (χ3v) is 4.73. The summed E-state index contributed by atoms with van der Waals surface area (Å²) in [6.45, 7) is 3.27. The summed E-state index contributed by atoms with van der Waals surface area (Å²) in [5.74, 6) is -0.320. The second-order valence-electron chi connectivity index (χ2n) is 6.62. The minimum absolute atomic E-state index is 0.0243. The highest BCUT2D eigenvalue weighted by atomic mass is 19.4. The van der Waals surface area contributed by atoms with Crippen LogP contribution in [0.3, 0.4) is 0 Å². The molecule has 1 amide bonds. The maximum atomic E-state index is 13.4. The summed E-state index contributed by atoms with van der Waals surface area (Å²) < 4.78 is 45.4. The molecule has 0 fully saturated rings. The molecule has 1 aliphatic rings. The Kier molecular flexibility index (Phi) is 5.08. The number of aryl methyl sites for hydroxylation is 3. The first-order valence-corrected chi connectivity index (χ1v) is 8.58. The fraction of sp³-hybridized carbons (Fsp3) is 0.421. The van der Waals surface area contributed by atoms with Crippen LogP contribution in [0, 0.1) is 19.8 Å². The lowest BCUT2D eigenvalue weighted by Gasteiger charge is -2.26. The molecule has 0 spiro atoms. The summed E-state index contributed by atoms with van der Waals surface area (Å²) in [5, 5.41) is 2.81. The van der Waals surface area contributed by atoms with Crippen LogP contribution < -0.4 is 10.1 Å². The van der Waals surface area contributed by atoms with Gasteiger partial charge in [0.25, 0.3) is 0 Å². The van der Waals surface area contributed by atoms with Crippen LogP contribution in [-0.2, 0) is 23.8 Å². The second-order valence-corrected chi connectivity index (χ2v) is 6.62. The Morgan fingerprint density at radius 3 is 2.67 bits per heavy atom. The van der Waals surface area contributed by atoms with Crippen LogP contribution in [-0.4, -0.2) is 23.0 Å². The highest BCUT2D eigenvalue weighted by molar-refractivity contribution is 5.95. The van der Waals surface area contributed by atoms with Crippen LogP contribution in [0.5, 0.6) is 5.75 Å². The van der Waals surface area contributed by atoms with E-state index in [0.29, 0.717) is 30.0 Å². The van der Waals surface area contributed by atoms with Crippen molar-refractivity contribution in [2.75, 3.05) is 12.4 Å². The number of hydrogen-bond donors (Lipinski definition) is 1. The van der Waals surface area contributed by atoms with Crippen molar-refractivity contribution < 1.29 is 22.7 Å². The zero-order chi connectivity index (χ0) is 19.8. The number of nitrogens with one attached hydrogen (secondary N) is 1. The summed E-state index contributed by atoms with van der Waals surface area (Å²) in [6.07, 6.45) is -3.87. The Bertz CT molecular complexity index is 881. The van der Waals surface area contributed by atoms with Gasteiger partial charge in [-0.1, -0.05) is 12.1 Å². The summed E-state index contributed by atoms with van der Waals surface area (Å²) in [4.78, 5) is 20.5. The zero-order valence-electron chi connectivity index (χ0n) is 15.3. The predicted molar refractivity (Wildman–Crippen MR) is 93.6 cm³/mol. The maximum Gasteiger partial charge on any atom is 0.433 e. The van der Waals surface area contributed by atoms with Gasteiger partial charge in [-0.15, -0.1) is 0 Å². The molecule has 1 heterocycles. The third kappa shape index (κ3) is 3.89. The van der Waals surface area contributed by atoms with Crippen molar-refractivity contribution in [3.05, 3.63) is 46.5 Å². The van der Waals surface area contributed by atoms with Crippen LogP contribution in [0.4, 0.5) is 18.9 Å². The molecule has 0 saturated heterocycles. The van der Waals surface area contributed by atoms with E-state index in [4.69, 9.17) is 4.74 Å². The minimum atomic E-state index is -4.57. The summed E-state index contributed by atoms with van der Waals surface area (Å²) in [5.41, 5.74) is 0.820. The molecule has 0 bridgehead atoms. The number of carbonyl (C=O) groups is 1. The number of benzene rings is 1. The molecule has 0 aliphatic heterocycles. The predicted octanol–water partition coefficient (Wildman–Crippen LogP) is 3.86. The van der Waals surface area contributed by atoms with Gasteiger partial charge in [0.15, 0.2) is 5.69 Å². The summed E-state index contributed by atoms with van der Waals surface area (Å²) >= 11 is 0. The van der Waals surface area contributed by atoms with Gasteiger partial charge in [0.05, 0.1) is 12.8 Å². The molecule has 5 nitrogen and oxygen atoms in total. The maximum absolute atomic E-state index is 13.4. The first kappa shape index (κ1) is 19.1. The molecule has 1 unspecified atom stereocenters. The number of amides is 1. The topological polar surface area (TPSA) is 64.1 Å². The number of nitrogens with zero attached hydrogens (tertiary/aromatic N) is 2. The molecule has 1 atom stereocenters. The molecule has 8 heteroatoms. The third-order valence-electron chi connectivity index (χ3n) is 4.73. The van der Waals surface area contributed by atoms with E-state index < -0.39 is 17.8 Å². The van der Waals surface area contributed by atoms with E-state index >= 15 is 0 Å². The largest absolute Gasteiger partial charge is 0.495 e. The van der Waals surface area contributed by atoms with Crippen LogP contribution in [0.15, 0.2) is 18.2 Å². The first-order valence-electron chi connectivity index (χ1n) is 8.58. The Morgan fingerprint density at radius 1 is 1.26 bits per heavy atom. The number of rotatable bonds is 3. The van der Waals surface area contributed by atoms with Crippen molar-refractivity contribution in [2.24, 2.45) is 5.92 Å². The molecule has 27 heavy (non-hydrogen) atoms. The van der Waals surface area contributed by atoms with Crippen LogP contribution in [0.1, 0.15) is 34.8 Å². The zero-order valence-corrected chi connectivity index (χ0v) is 15.3. The molecule has 0 saturated carbocycles. The average molecular weight is 379 g/mol. The number of halogens is 3. The van der Waals surface area contributed by atoms with Gasteiger partial charge in [-0.25, -0.2) is 9.97 Å². The number of fused-ring (bicyclic) bond motifs is 1. The molecular formula is C19H20F3N3O2. The number of methoxy groups -OCH3 is 1. The van der Waals surface area contributed by atoms with Crippen LogP contribution >= 0.6 is 0 Å². The highest BCUT2D eigenvalue weighted by Gasteiger charge is 2.40. The van der Waals surface area contributed by atoms with Crippen molar-refractivity contribution in [3.8, 4) is 5.75 Å². The number of anilines is 1. The molecule has 0 radical (unpaired) electrons. The van der Waals surface area contributed by atoms with E-state index in [-0.39, 0.29) is 23.7 Å². The molecule has 144 valence electrons. The normalized spacial score (nSPS) is 16.6. The van der Waals surface area contributed by atoms with Gasteiger partial charge >= 0.3 is 6.18 Å². The van der Waals surface area contributed by atoms with Crippen molar-refractivity contribution >= 4 is 11.6 Å². The number of hydrogen-bond acceptors (Lipinski definition) is 4. The number of carbonyl (C=O) groups excluding carboxylic acids is 1. The van der Waals surface area contributed by atoms with E-state index in [1.807, 2.05) is 13.0 Å². The van der Waals surface area contributed by atoms with E-state index in [9.17, 15) is 18.0 Å². The van der Waals surface area contributed by atoms with Crippen molar-refractivity contribution in [1.29, 1.82) is 0 Å². The van der Waals surface area contributed by atoms with Gasteiger partial charge in [0, 0.05) is 17.2 Å². The van der Waals surface area contributed by atoms with E-state index in [1.54, 1.807) is 12.1 Å². The van der Waals surface area contributed by atoms with Crippen molar-refractivity contribution in [2.45, 2.75) is 39.3 Å². The van der Waals surface area contributed by atoms with E-state index in [0.717, 1.165) is 5.56 Å². The van der Waals surface area contributed by atoms with Gasteiger partial charge in [0.2, 0.25) is 5.91 Å². The minimum Gasteiger partial charge on any atom is -0.495 e. The number of aromatic nitrogens is 2. The molecule has 1 N–H and O–H groups in total. The lowest BCUT2D eigenvalue weighted by molar-refractivity contribution is -0.142. The number of para-hydroxylation sites is 1. The Labute approximate surface area is 155 Å². The number of alkyl halides is 3. The Hall–Kier alpha value is -2.64. The van der Waals surface area contributed by atoms with E-state index in [2.05, 4.69) is 15.3 Å². The lowest BCUT2D eigenvalue weighted by atomic mass is 9.84. The van der Waals surface area contributed by atoms with Crippen molar-refractivity contribution in [1.82, 2.24) is 9.97 Å². The van der Waals surface area contributed by atoms with Gasteiger partial charge in [-0.05, 0) is 44.7 Å². The van der Waals surface area contributed by atoms with Crippen LogP contribution in [0.25, 0.3) is 0 Å². The average Bonchev–Trinajstić information content (AvgIpc) is 2.61. The quantitative estimate of drug-likeness (QED) is 0.880. The molecule has 1 aliphatic carbocycles. The first-order chi connectivity index (χ1) is 12.7. The smallest absolute Gasteiger partial charge is 0.433 e. The van der Waals surface area contributed by atoms with E-state index in [1.165, 1.54) is 14.0 Å². The molecular weight excluding hydrogens is 359 g/mol. The molecule has 2 aromatic rings. The summed E-state index contributed by atoms with van der Waals surface area (Å²) in [6, 6.07) is 5.35. The lowest BCUT2D eigenvalue weighted by Crippen LogP contribution is -2.31. The fourth-order valence-electron chi connectivity index (χ4n) is 3.39. The summed E-state index contributed by atoms with van der Waals surface area (Å²) in [7, 11) is 1.50. The van der Waals surface area contributed by atoms with Gasteiger partial charge < -0.3 is 10.1 Å². The monoisotopic (exact) mass is 379 g/mol. The molecule has 3 rings (SSSR count). The number of ether oxygens (including phenoxy) is 1. The Morgan fingerprint density at radius 2 is 2.00 bits per heavy atom. The van der Waals surface area contributed by atoms with Crippen molar-refractivity contribution in [3.63, 3.8) is 0 Å². The van der Waals surface area contributed by atoms with Gasteiger partial charge in [0.1, 0.15) is 11.6 Å². The van der Waals surface area contributed by atoms with Crippen LogP contribution in [0.2, 0.25) is 0 Å². The SMILES string of the molecule is COc1cccc(C)c1NC(=O)C1CCc2nc(C)nc(C(F)(F)F)c2C1. The van der Waals surface area contributed by atoms with Gasteiger partial charge in [-0.3, -0.25) is 4.79 Å². The standard InChI is InChI=1S/C19H20F3N3O2/c1-10-5-4-6-15(27-3)16(10)25-18(26)12-7-8-14-13(9-12)17(19(20,21)22)24-11(2)23-14/h4-6,12H,7-9H2,1-3H3,(H,25,26). The fourth-order valence-corrected chi connectivity index (χ4v) is 3.39.